The molecule has 0 aliphatic heterocycles. The van der Waals surface area contributed by atoms with Gasteiger partial charge in [0.05, 0.1) is 0 Å². The van der Waals surface area contributed by atoms with Gasteiger partial charge in [0.25, 0.3) is 0 Å². The smallest absolute Gasteiger partial charge is 0.131 e. The predicted molar refractivity (Wildman–Crippen MR) is 112 cm³/mol. The third-order valence-electron chi connectivity index (χ3n) is 3.74. The highest BCUT2D eigenvalue weighted by Gasteiger charge is 2.05. The lowest BCUT2D eigenvalue weighted by molar-refractivity contribution is 0.655. The number of halogens is 1. The van der Waals surface area contributed by atoms with Crippen molar-refractivity contribution in [1.29, 1.82) is 0 Å². The molecule has 0 heterocycles. The molecule has 1 heteroatoms. The van der Waals surface area contributed by atoms with E-state index in [1.807, 2.05) is 19.1 Å². The van der Waals surface area contributed by atoms with Gasteiger partial charge in [-0.05, 0) is 42.1 Å². The summed E-state index contributed by atoms with van der Waals surface area (Å²) in [5, 5.41) is 0. The molecule has 25 heavy (non-hydrogen) atoms. The molecule has 0 saturated carbocycles. The van der Waals surface area contributed by atoms with E-state index in [4.69, 9.17) is 0 Å². The maximum Gasteiger partial charge on any atom is 0.131 e. The zero-order valence-corrected chi connectivity index (χ0v) is 15.8. The molecule has 0 aromatic heterocycles. The molecular weight excluding hydrogens is 307 g/mol. The van der Waals surface area contributed by atoms with Crippen molar-refractivity contribution in [2.45, 2.75) is 39.5 Å². The highest BCUT2D eigenvalue weighted by atomic mass is 19.1. The Hall–Kier alpha value is -2.41. The molecule has 0 fully saturated rings. The standard InChI is InChI=1S/C24H31F/c1-9-11-12-19(4)14-16-21(6)23(8)24(25)17-22(7)20(5)15-13-18(3)10-2/h13-17H,3-12H2,1-2H3/b15-13-,16-14-,24-17+. The van der Waals surface area contributed by atoms with E-state index in [1.165, 1.54) is 6.08 Å². The van der Waals surface area contributed by atoms with E-state index >= 15 is 0 Å². The van der Waals surface area contributed by atoms with Gasteiger partial charge in [0.1, 0.15) is 5.83 Å². The number of hydrogen-bond acceptors (Lipinski definition) is 0. The number of unbranched alkanes of at least 4 members (excludes halogenated alkanes) is 1. The molecule has 0 atom stereocenters. The molecule has 0 radical (unpaired) electrons. The largest absolute Gasteiger partial charge is 0.206 e. The second-order valence-electron chi connectivity index (χ2n) is 5.99. The summed E-state index contributed by atoms with van der Waals surface area (Å²) in [4.78, 5) is 0. The monoisotopic (exact) mass is 338 g/mol. The van der Waals surface area contributed by atoms with Crippen LogP contribution in [0.3, 0.4) is 0 Å². The predicted octanol–water partition coefficient (Wildman–Crippen LogP) is 7.89. The minimum absolute atomic E-state index is 0.232. The topological polar surface area (TPSA) is 0 Å². The van der Waals surface area contributed by atoms with Gasteiger partial charge in [-0.25, -0.2) is 4.39 Å². The summed E-state index contributed by atoms with van der Waals surface area (Å²) in [6.07, 6.45) is 12.6. The minimum atomic E-state index is -0.470. The fourth-order valence-corrected chi connectivity index (χ4v) is 1.74. The molecule has 0 aromatic carbocycles. The van der Waals surface area contributed by atoms with Crippen LogP contribution in [0, 0.1) is 0 Å². The molecule has 0 aromatic rings. The summed E-state index contributed by atoms with van der Waals surface area (Å²) in [5.41, 5.74) is 3.84. The van der Waals surface area contributed by atoms with Crippen molar-refractivity contribution >= 4 is 0 Å². The molecule has 0 nitrogen and oxygen atoms in total. The van der Waals surface area contributed by atoms with Gasteiger partial charge in [0, 0.05) is 5.57 Å². The van der Waals surface area contributed by atoms with Gasteiger partial charge in [-0.1, -0.05) is 95.2 Å². The van der Waals surface area contributed by atoms with Crippen LogP contribution in [0.15, 0.2) is 109 Å². The van der Waals surface area contributed by atoms with Gasteiger partial charge in [-0.3, -0.25) is 0 Å². The summed E-state index contributed by atoms with van der Waals surface area (Å²) >= 11 is 0. The Morgan fingerprint density at radius 2 is 1.32 bits per heavy atom. The van der Waals surface area contributed by atoms with Gasteiger partial charge in [0.2, 0.25) is 0 Å². The average Bonchev–Trinajstić information content (AvgIpc) is 2.60. The van der Waals surface area contributed by atoms with Crippen LogP contribution >= 0.6 is 0 Å². The molecular formula is C24H31F. The van der Waals surface area contributed by atoms with Crippen LogP contribution in [-0.2, 0) is 0 Å². The summed E-state index contributed by atoms with van der Waals surface area (Å²) in [6, 6.07) is 0. The number of rotatable bonds is 12. The minimum Gasteiger partial charge on any atom is -0.206 e. The van der Waals surface area contributed by atoms with Crippen LogP contribution < -0.4 is 0 Å². The molecule has 0 saturated heterocycles. The normalized spacial score (nSPS) is 11.7. The van der Waals surface area contributed by atoms with E-state index < -0.39 is 5.83 Å². The molecule has 0 spiro atoms. The zero-order chi connectivity index (χ0) is 19.4. The molecule has 134 valence electrons. The average molecular weight is 339 g/mol. The van der Waals surface area contributed by atoms with Crippen LogP contribution in [-0.4, -0.2) is 0 Å². The fraction of sp³-hybridized carbons (Fsp3) is 0.250. The molecule has 0 aliphatic carbocycles. The first kappa shape index (κ1) is 22.6. The quantitative estimate of drug-likeness (QED) is 0.317. The lowest BCUT2D eigenvalue weighted by Crippen LogP contribution is -1.88. The van der Waals surface area contributed by atoms with E-state index in [1.54, 1.807) is 12.2 Å². The molecule has 0 unspecified atom stereocenters. The molecule has 0 amide bonds. The zero-order valence-electron chi connectivity index (χ0n) is 15.8. The highest BCUT2D eigenvalue weighted by Crippen LogP contribution is 2.23. The van der Waals surface area contributed by atoms with Crippen molar-refractivity contribution in [3.8, 4) is 0 Å². The van der Waals surface area contributed by atoms with Crippen molar-refractivity contribution in [3.05, 3.63) is 109 Å². The van der Waals surface area contributed by atoms with Crippen molar-refractivity contribution < 1.29 is 4.39 Å². The lowest BCUT2D eigenvalue weighted by atomic mass is 10.0. The van der Waals surface area contributed by atoms with Crippen LogP contribution in [0.1, 0.15) is 39.5 Å². The van der Waals surface area contributed by atoms with E-state index in [9.17, 15) is 4.39 Å². The van der Waals surface area contributed by atoms with Gasteiger partial charge in [-0.15, -0.1) is 0 Å². The summed E-state index contributed by atoms with van der Waals surface area (Å²) < 4.78 is 14.4. The van der Waals surface area contributed by atoms with Crippen LogP contribution in [0.5, 0.6) is 0 Å². The van der Waals surface area contributed by atoms with Gasteiger partial charge >= 0.3 is 0 Å². The van der Waals surface area contributed by atoms with Crippen molar-refractivity contribution in [3.63, 3.8) is 0 Å². The highest BCUT2D eigenvalue weighted by molar-refractivity contribution is 5.52. The van der Waals surface area contributed by atoms with E-state index in [0.29, 0.717) is 16.7 Å². The van der Waals surface area contributed by atoms with E-state index in [-0.39, 0.29) is 5.57 Å². The van der Waals surface area contributed by atoms with Crippen LogP contribution in [0.4, 0.5) is 4.39 Å². The first-order valence-electron chi connectivity index (χ1n) is 8.58. The Morgan fingerprint density at radius 1 is 0.760 bits per heavy atom. The van der Waals surface area contributed by atoms with Crippen molar-refractivity contribution in [2.75, 3.05) is 0 Å². The first-order chi connectivity index (χ1) is 11.7. The second kappa shape index (κ2) is 12.0. The SMILES string of the molecule is C=C(/C=C\C(=C)C(=C)/C=C(/F)C(=C)C(=C)/C=C\C(=C)CCCC)CC. The van der Waals surface area contributed by atoms with Crippen molar-refractivity contribution in [2.24, 2.45) is 0 Å². The first-order valence-corrected chi connectivity index (χ1v) is 8.58. The maximum absolute atomic E-state index is 14.4. The Morgan fingerprint density at radius 3 is 1.88 bits per heavy atom. The summed E-state index contributed by atoms with van der Waals surface area (Å²) in [7, 11) is 0. The number of hydrogen-bond donors (Lipinski definition) is 0. The third kappa shape index (κ3) is 9.46. The van der Waals surface area contributed by atoms with Gasteiger partial charge in [-0.2, -0.15) is 0 Å². The van der Waals surface area contributed by atoms with Gasteiger partial charge in [0.15, 0.2) is 0 Å². The third-order valence-corrected chi connectivity index (χ3v) is 3.74. The molecule has 0 N–H and O–H groups in total. The Kier molecular flexibility index (Phi) is 10.9. The molecule has 0 aliphatic rings. The Balaban J connectivity index is 4.85. The van der Waals surface area contributed by atoms with Gasteiger partial charge < -0.3 is 0 Å². The van der Waals surface area contributed by atoms with E-state index in [2.05, 4.69) is 46.4 Å². The summed E-state index contributed by atoms with van der Waals surface area (Å²) in [5.74, 6) is -0.470. The van der Waals surface area contributed by atoms with Crippen molar-refractivity contribution in [1.82, 2.24) is 0 Å². The summed E-state index contributed by atoms with van der Waals surface area (Å²) in [6.45, 7) is 27.4. The van der Waals surface area contributed by atoms with E-state index in [0.717, 1.165) is 36.8 Å². The van der Waals surface area contributed by atoms with Crippen LogP contribution in [0.2, 0.25) is 0 Å². The Labute approximate surface area is 153 Å². The molecule has 0 bridgehead atoms. The number of allylic oxidation sites excluding steroid dienone is 12. The Bertz CT molecular complexity index is 648. The lowest BCUT2D eigenvalue weighted by Gasteiger charge is -2.06. The molecule has 0 rings (SSSR count). The second-order valence-corrected chi connectivity index (χ2v) is 5.99. The van der Waals surface area contributed by atoms with Crippen LogP contribution in [0.25, 0.3) is 0 Å². The fourth-order valence-electron chi connectivity index (χ4n) is 1.74. The maximum atomic E-state index is 14.4.